The quantitative estimate of drug-likeness (QED) is 0.849. The van der Waals surface area contributed by atoms with E-state index < -0.39 is 5.97 Å². The lowest BCUT2D eigenvalue weighted by Crippen LogP contribution is -2.27. The predicted octanol–water partition coefficient (Wildman–Crippen LogP) is 2.82. The van der Waals surface area contributed by atoms with Crippen molar-refractivity contribution < 1.29 is 14.3 Å². The molecule has 1 aromatic carbocycles. The van der Waals surface area contributed by atoms with E-state index in [0.29, 0.717) is 41.0 Å². The highest BCUT2D eigenvalue weighted by atomic mass is 16.5. The Morgan fingerprint density at radius 1 is 1.28 bits per heavy atom. The maximum absolute atomic E-state index is 12.8. The summed E-state index contributed by atoms with van der Waals surface area (Å²) in [6.07, 6.45) is 0.595. The Labute approximate surface area is 147 Å². The highest BCUT2D eigenvalue weighted by Crippen LogP contribution is 2.21. The van der Waals surface area contributed by atoms with Crippen LogP contribution in [0.25, 0.3) is 0 Å². The lowest BCUT2D eigenvalue weighted by atomic mass is 10.1. The smallest absolute Gasteiger partial charge is 0.339 e. The van der Waals surface area contributed by atoms with E-state index in [2.05, 4.69) is 11.1 Å². The molecule has 2 aromatic rings. The van der Waals surface area contributed by atoms with Gasteiger partial charge in [-0.1, -0.05) is 19.1 Å². The van der Waals surface area contributed by atoms with Crippen molar-refractivity contribution >= 4 is 11.9 Å². The second kappa shape index (κ2) is 7.67. The molecule has 1 amide bonds. The zero-order valence-electron chi connectivity index (χ0n) is 14.8. The number of nitriles is 1. The number of carbonyl (C=O) groups excluding carboxylic acids is 2. The summed E-state index contributed by atoms with van der Waals surface area (Å²) in [4.78, 5) is 29.4. The number of hydrogen-bond donors (Lipinski definition) is 1. The van der Waals surface area contributed by atoms with E-state index in [0.717, 1.165) is 5.56 Å². The Bertz CT molecular complexity index is 829. The second-order valence-electron chi connectivity index (χ2n) is 5.79. The minimum Gasteiger partial charge on any atom is -0.465 e. The number of carbonyl (C=O) groups is 2. The van der Waals surface area contributed by atoms with Crippen LogP contribution in [0.1, 0.15) is 50.2 Å². The van der Waals surface area contributed by atoms with Gasteiger partial charge in [0.05, 0.1) is 24.3 Å². The molecule has 0 radical (unpaired) electrons. The molecule has 2 rings (SSSR count). The fourth-order valence-electron chi connectivity index (χ4n) is 2.74. The Kier molecular flexibility index (Phi) is 5.60. The first-order chi connectivity index (χ1) is 11.9. The number of esters is 1. The van der Waals surface area contributed by atoms with Gasteiger partial charge in [0.25, 0.3) is 5.91 Å². The van der Waals surface area contributed by atoms with Gasteiger partial charge in [-0.15, -0.1) is 0 Å². The number of aromatic amines is 1. The van der Waals surface area contributed by atoms with Gasteiger partial charge in [-0.3, -0.25) is 4.79 Å². The molecule has 1 aromatic heterocycles. The van der Waals surface area contributed by atoms with Gasteiger partial charge in [0.15, 0.2) is 0 Å². The van der Waals surface area contributed by atoms with Crippen molar-refractivity contribution in [3.05, 3.63) is 57.9 Å². The third-order valence-corrected chi connectivity index (χ3v) is 4.13. The third kappa shape index (κ3) is 3.72. The van der Waals surface area contributed by atoms with Crippen LogP contribution in [0.5, 0.6) is 0 Å². The monoisotopic (exact) mass is 339 g/mol. The Balaban J connectivity index is 2.25. The van der Waals surface area contributed by atoms with Crippen LogP contribution in [0.15, 0.2) is 24.3 Å². The summed E-state index contributed by atoms with van der Waals surface area (Å²) in [6.45, 7) is 4.05. The summed E-state index contributed by atoms with van der Waals surface area (Å²) >= 11 is 0. The van der Waals surface area contributed by atoms with E-state index in [-0.39, 0.29) is 5.91 Å². The van der Waals surface area contributed by atoms with Gasteiger partial charge in [-0.25, -0.2) is 4.79 Å². The van der Waals surface area contributed by atoms with Crippen LogP contribution in [-0.4, -0.2) is 35.9 Å². The van der Waals surface area contributed by atoms with Crippen LogP contribution in [0.3, 0.4) is 0 Å². The number of rotatable bonds is 5. The van der Waals surface area contributed by atoms with Crippen LogP contribution < -0.4 is 0 Å². The van der Waals surface area contributed by atoms with Crippen molar-refractivity contribution in [2.45, 2.75) is 26.8 Å². The van der Waals surface area contributed by atoms with E-state index in [4.69, 9.17) is 10.00 Å². The maximum Gasteiger partial charge on any atom is 0.339 e. The molecule has 0 unspecified atom stereocenters. The van der Waals surface area contributed by atoms with Gasteiger partial charge in [0.2, 0.25) is 0 Å². The molecule has 0 aliphatic rings. The molecule has 0 saturated heterocycles. The van der Waals surface area contributed by atoms with Gasteiger partial charge in [-0.2, -0.15) is 5.26 Å². The normalized spacial score (nSPS) is 10.2. The highest BCUT2D eigenvalue weighted by molar-refractivity contribution is 6.00. The molecular formula is C19H21N3O3. The Hall–Kier alpha value is -3.07. The summed E-state index contributed by atoms with van der Waals surface area (Å²) in [5.74, 6) is -0.647. The number of methoxy groups -OCH3 is 1. The van der Waals surface area contributed by atoms with E-state index in [9.17, 15) is 9.59 Å². The van der Waals surface area contributed by atoms with Crippen molar-refractivity contribution in [2.24, 2.45) is 0 Å². The van der Waals surface area contributed by atoms with Crippen LogP contribution in [0, 0.1) is 18.3 Å². The number of H-pyrrole nitrogens is 1. The maximum atomic E-state index is 12.8. The third-order valence-electron chi connectivity index (χ3n) is 4.13. The molecule has 0 saturated carbocycles. The standard InChI is InChI=1S/C19H21N3O3/c1-5-15-16(19(24)25-4)12(2)17(21-15)18(23)22(3)11-14-8-6-13(10-20)7-9-14/h6-9,21H,5,11H2,1-4H3. The highest BCUT2D eigenvalue weighted by Gasteiger charge is 2.25. The minimum absolute atomic E-state index is 0.202. The topological polar surface area (TPSA) is 86.2 Å². The molecule has 0 spiro atoms. The van der Waals surface area contributed by atoms with Gasteiger partial charge < -0.3 is 14.6 Å². The van der Waals surface area contributed by atoms with Crippen molar-refractivity contribution in [1.29, 1.82) is 5.26 Å². The van der Waals surface area contributed by atoms with Crippen LogP contribution in [0.2, 0.25) is 0 Å². The predicted molar refractivity (Wildman–Crippen MR) is 93.2 cm³/mol. The number of aryl methyl sites for hydroxylation is 1. The zero-order valence-corrected chi connectivity index (χ0v) is 14.8. The summed E-state index contributed by atoms with van der Waals surface area (Å²) < 4.78 is 4.82. The largest absolute Gasteiger partial charge is 0.465 e. The average Bonchev–Trinajstić information content (AvgIpc) is 2.97. The summed E-state index contributed by atoms with van der Waals surface area (Å²) in [5, 5.41) is 8.84. The molecule has 25 heavy (non-hydrogen) atoms. The Morgan fingerprint density at radius 3 is 2.44 bits per heavy atom. The first kappa shape index (κ1) is 18.3. The summed E-state index contributed by atoms with van der Waals surface area (Å²) in [6, 6.07) is 9.15. The van der Waals surface area contributed by atoms with Crippen molar-refractivity contribution in [3.8, 4) is 6.07 Å². The number of ether oxygens (including phenoxy) is 1. The number of amides is 1. The fourth-order valence-corrected chi connectivity index (χ4v) is 2.74. The molecule has 0 atom stereocenters. The van der Waals surface area contributed by atoms with Crippen LogP contribution in [-0.2, 0) is 17.7 Å². The van der Waals surface area contributed by atoms with E-state index in [1.54, 1.807) is 31.0 Å². The molecule has 0 aliphatic carbocycles. The number of benzene rings is 1. The fraction of sp³-hybridized carbons (Fsp3) is 0.316. The molecule has 0 aliphatic heterocycles. The number of nitrogens with one attached hydrogen (secondary N) is 1. The van der Waals surface area contributed by atoms with Crippen LogP contribution >= 0.6 is 0 Å². The summed E-state index contributed by atoms with van der Waals surface area (Å²) in [7, 11) is 3.02. The number of hydrogen-bond acceptors (Lipinski definition) is 4. The molecular weight excluding hydrogens is 318 g/mol. The molecule has 0 fully saturated rings. The number of nitrogens with zero attached hydrogens (tertiary/aromatic N) is 2. The van der Waals surface area contributed by atoms with E-state index >= 15 is 0 Å². The lowest BCUT2D eigenvalue weighted by molar-refractivity contribution is 0.0599. The summed E-state index contributed by atoms with van der Waals surface area (Å²) in [5.41, 5.74) is 3.62. The number of aromatic nitrogens is 1. The van der Waals surface area contributed by atoms with E-state index in [1.807, 2.05) is 19.1 Å². The Morgan fingerprint density at radius 2 is 1.92 bits per heavy atom. The van der Waals surface area contributed by atoms with Gasteiger partial charge in [0, 0.05) is 19.3 Å². The van der Waals surface area contributed by atoms with Crippen molar-refractivity contribution in [2.75, 3.05) is 14.2 Å². The SMILES string of the molecule is CCc1[nH]c(C(=O)N(C)Cc2ccc(C#N)cc2)c(C)c1C(=O)OC. The zero-order chi connectivity index (χ0) is 18.6. The van der Waals surface area contributed by atoms with Gasteiger partial charge >= 0.3 is 5.97 Å². The first-order valence-corrected chi connectivity index (χ1v) is 7.97. The lowest BCUT2D eigenvalue weighted by Gasteiger charge is -2.17. The minimum atomic E-state index is -0.445. The molecule has 130 valence electrons. The molecule has 1 heterocycles. The molecule has 1 N–H and O–H groups in total. The van der Waals surface area contributed by atoms with Gasteiger partial charge in [0.1, 0.15) is 5.69 Å². The van der Waals surface area contributed by atoms with E-state index in [1.165, 1.54) is 7.11 Å². The first-order valence-electron chi connectivity index (χ1n) is 7.97. The van der Waals surface area contributed by atoms with Gasteiger partial charge in [-0.05, 0) is 36.6 Å². The van der Waals surface area contributed by atoms with Crippen molar-refractivity contribution in [1.82, 2.24) is 9.88 Å². The molecule has 6 nitrogen and oxygen atoms in total. The van der Waals surface area contributed by atoms with Crippen molar-refractivity contribution in [3.63, 3.8) is 0 Å². The molecule has 6 heteroatoms. The average molecular weight is 339 g/mol. The molecule has 0 bridgehead atoms. The van der Waals surface area contributed by atoms with Crippen LogP contribution in [0.4, 0.5) is 0 Å². The second-order valence-corrected chi connectivity index (χ2v) is 5.79.